The van der Waals surface area contributed by atoms with Crippen molar-refractivity contribution < 1.29 is 9.59 Å². The van der Waals surface area contributed by atoms with Gasteiger partial charge in [0.25, 0.3) is 0 Å². The molecule has 0 bridgehead atoms. The van der Waals surface area contributed by atoms with Gasteiger partial charge in [-0.3, -0.25) is 0 Å². The third-order valence-electron chi connectivity index (χ3n) is 4.13. The molecule has 0 atom stereocenters. The van der Waals surface area contributed by atoms with Crippen molar-refractivity contribution in [1.29, 1.82) is 0 Å². The summed E-state index contributed by atoms with van der Waals surface area (Å²) in [5, 5.41) is 0. The molecule has 0 amide bonds. The second-order valence-corrected chi connectivity index (χ2v) is 7.19. The number of carbonyl (C=O) groups excluding carboxylic acids is 2. The summed E-state index contributed by atoms with van der Waals surface area (Å²) in [7, 11) is 0. The number of nitrogens with zero attached hydrogens (tertiary/aromatic N) is 2. The monoisotopic (exact) mass is 284 g/mol. The minimum atomic E-state index is -0.293. The second kappa shape index (κ2) is 5.07. The number of hydrogen-bond donors (Lipinski definition) is 0. The van der Waals surface area contributed by atoms with Crippen molar-refractivity contribution in [3.05, 3.63) is 22.8 Å². The van der Waals surface area contributed by atoms with E-state index in [-0.39, 0.29) is 10.8 Å². The summed E-state index contributed by atoms with van der Waals surface area (Å²) in [6.07, 6.45) is 5.17. The molecule has 0 N–H and O–H groups in total. The van der Waals surface area contributed by atoms with Gasteiger partial charge >= 0.3 is 0 Å². The molecule has 1 aliphatic carbocycles. The lowest BCUT2D eigenvalue weighted by Gasteiger charge is -2.28. The van der Waals surface area contributed by atoms with Gasteiger partial charge in [-0.25, -0.2) is 9.59 Å². The largest absolute Gasteiger partial charge is 0.240 e. The SMILES string of the molecule is CC(C)(C)c1c(N=C=O)cc2c(c1N=C=O)C(C)(C)CC2. The zero-order valence-electron chi connectivity index (χ0n) is 13.2. The molecule has 0 unspecified atom stereocenters. The standard InChI is InChI=1S/C17H20N2O2/c1-16(2,3)14-12(18-9-20)8-11-6-7-17(4,5)13(11)15(14)19-10-21/h8H,6-7H2,1-5H3. The van der Waals surface area contributed by atoms with E-state index in [1.807, 2.05) is 26.8 Å². The van der Waals surface area contributed by atoms with E-state index < -0.39 is 0 Å². The molecule has 0 aliphatic heterocycles. The number of aryl methyl sites for hydroxylation is 1. The van der Waals surface area contributed by atoms with Crippen LogP contribution in [0.3, 0.4) is 0 Å². The van der Waals surface area contributed by atoms with E-state index in [9.17, 15) is 9.59 Å². The first-order valence-corrected chi connectivity index (χ1v) is 7.09. The van der Waals surface area contributed by atoms with E-state index in [2.05, 4.69) is 23.8 Å². The van der Waals surface area contributed by atoms with Crippen molar-refractivity contribution in [2.75, 3.05) is 0 Å². The summed E-state index contributed by atoms with van der Waals surface area (Å²) in [5.41, 5.74) is 3.85. The molecule has 1 aromatic rings. The van der Waals surface area contributed by atoms with Gasteiger partial charge in [0.15, 0.2) is 0 Å². The highest BCUT2D eigenvalue weighted by Crippen LogP contribution is 2.51. The zero-order valence-corrected chi connectivity index (χ0v) is 13.2. The number of hydrogen-bond acceptors (Lipinski definition) is 4. The fourth-order valence-corrected chi connectivity index (χ4v) is 3.27. The van der Waals surface area contributed by atoms with E-state index in [0.29, 0.717) is 11.4 Å². The van der Waals surface area contributed by atoms with Crippen LogP contribution in [0.2, 0.25) is 0 Å². The summed E-state index contributed by atoms with van der Waals surface area (Å²) >= 11 is 0. The molecule has 2 rings (SSSR count). The topological polar surface area (TPSA) is 58.9 Å². The Morgan fingerprint density at radius 1 is 1.14 bits per heavy atom. The molecule has 0 spiro atoms. The lowest BCUT2D eigenvalue weighted by molar-refractivity contribution is 0.520. The van der Waals surface area contributed by atoms with Gasteiger partial charge in [0.2, 0.25) is 12.2 Å². The summed E-state index contributed by atoms with van der Waals surface area (Å²) in [6.45, 7) is 10.4. The summed E-state index contributed by atoms with van der Waals surface area (Å²) in [5.74, 6) is 0. The van der Waals surface area contributed by atoms with Crippen LogP contribution in [0.1, 0.15) is 57.7 Å². The first-order chi connectivity index (χ1) is 9.72. The normalized spacial score (nSPS) is 15.9. The molecular formula is C17H20N2O2. The molecule has 0 aromatic heterocycles. The molecule has 4 nitrogen and oxygen atoms in total. The third kappa shape index (κ3) is 2.61. The Bertz CT molecular complexity index is 684. The molecular weight excluding hydrogens is 264 g/mol. The predicted octanol–water partition coefficient (Wildman–Crippen LogP) is 4.14. The maximum atomic E-state index is 10.9. The van der Waals surface area contributed by atoms with Crippen LogP contribution in [0, 0.1) is 0 Å². The molecule has 110 valence electrons. The molecule has 21 heavy (non-hydrogen) atoms. The minimum Gasteiger partial charge on any atom is -0.211 e. The van der Waals surface area contributed by atoms with Crippen LogP contribution in [0.25, 0.3) is 0 Å². The van der Waals surface area contributed by atoms with Crippen LogP contribution in [0.15, 0.2) is 16.1 Å². The molecule has 0 heterocycles. The van der Waals surface area contributed by atoms with Gasteiger partial charge in [-0.05, 0) is 40.9 Å². The highest BCUT2D eigenvalue weighted by molar-refractivity contribution is 5.75. The summed E-state index contributed by atoms with van der Waals surface area (Å²) in [6, 6.07) is 1.94. The molecule has 0 saturated carbocycles. The quantitative estimate of drug-likeness (QED) is 0.605. The van der Waals surface area contributed by atoms with Gasteiger partial charge in [-0.2, -0.15) is 9.98 Å². The van der Waals surface area contributed by atoms with Crippen molar-refractivity contribution in [1.82, 2.24) is 0 Å². The van der Waals surface area contributed by atoms with Crippen molar-refractivity contribution in [3.63, 3.8) is 0 Å². The maximum Gasteiger partial charge on any atom is 0.240 e. The Morgan fingerprint density at radius 3 is 2.29 bits per heavy atom. The predicted molar refractivity (Wildman–Crippen MR) is 82.1 cm³/mol. The van der Waals surface area contributed by atoms with Gasteiger partial charge in [0.05, 0.1) is 11.4 Å². The minimum absolute atomic E-state index is 0.0472. The summed E-state index contributed by atoms with van der Waals surface area (Å²) in [4.78, 5) is 29.5. The number of aliphatic imine (C=N–C) groups is 2. The first-order valence-electron chi connectivity index (χ1n) is 7.09. The second-order valence-electron chi connectivity index (χ2n) is 7.19. The van der Waals surface area contributed by atoms with Crippen LogP contribution in [-0.2, 0) is 26.8 Å². The van der Waals surface area contributed by atoms with E-state index in [0.717, 1.165) is 29.5 Å². The lowest BCUT2D eigenvalue weighted by Crippen LogP contribution is -2.17. The van der Waals surface area contributed by atoms with E-state index >= 15 is 0 Å². The average Bonchev–Trinajstić information content (AvgIpc) is 2.64. The van der Waals surface area contributed by atoms with Crippen molar-refractivity contribution in [3.8, 4) is 0 Å². The van der Waals surface area contributed by atoms with E-state index in [4.69, 9.17) is 0 Å². The molecule has 0 saturated heterocycles. The Morgan fingerprint density at radius 2 is 1.76 bits per heavy atom. The Kier molecular flexibility index (Phi) is 3.71. The highest BCUT2D eigenvalue weighted by atomic mass is 16.1. The Balaban J connectivity index is 2.96. The van der Waals surface area contributed by atoms with Gasteiger partial charge in [0.1, 0.15) is 0 Å². The molecule has 0 radical (unpaired) electrons. The first kappa shape index (κ1) is 15.4. The number of fused-ring (bicyclic) bond motifs is 1. The van der Waals surface area contributed by atoms with Crippen LogP contribution < -0.4 is 0 Å². The number of rotatable bonds is 2. The van der Waals surface area contributed by atoms with E-state index in [1.165, 1.54) is 0 Å². The fraction of sp³-hybridized carbons (Fsp3) is 0.529. The van der Waals surface area contributed by atoms with Crippen molar-refractivity contribution in [2.45, 2.75) is 58.3 Å². The van der Waals surface area contributed by atoms with Crippen LogP contribution in [-0.4, -0.2) is 12.2 Å². The van der Waals surface area contributed by atoms with Crippen LogP contribution >= 0.6 is 0 Å². The van der Waals surface area contributed by atoms with E-state index in [1.54, 1.807) is 12.2 Å². The Labute approximate surface area is 125 Å². The van der Waals surface area contributed by atoms with Crippen molar-refractivity contribution >= 4 is 23.5 Å². The molecule has 4 heteroatoms. The zero-order chi connectivity index (χ0) is 15.8. The van der Waals surface area contributed by atoms with Crippen LogP contribution in [0.4, 0.5) is 11.4 Å². The maximum absolute atomic E-state index is 10.9. The molecule has 1 aromatic carbocycles. The lowest BCUT2D eigenvalue weighted by atomic mass is 9.78. The molecule has 1 aliphatic rings. The third-order valence-corrected chi connectivity index (χ3v) is 4.13. The average molecular weight is 284 g/mol. The van der Waals surface area contributed by atoms with Crippen molar-refractivity contribution in [2.24, 2.45) is 9.98 Å². The van der Waals surface area contributed by atoms with Gasteiger partial charge in [0, 0.05) is 5.56 Å². The highest BCUT2D eigenvalue weighted by Gasteiger charge is 2.37. The number of isocyanates is 2. The number of benzene rings is 1. The van der Waals surface area contributed by atoms with Gasteiger partial charge < -0.3 is 0 Å². The summed E-state index contributed by atoms with van der Waals surface area (Å²) < 4.78 is 0. The fourth-order valence-electron chi connectivity index (χ4n) is 3.27. The van der Waals surface area contributed by atoms with Gasteiger partial charge in [-0.1, -0.05) is 34.6 Å². The Hall–Kier alpha value is -2.02. The smallest absolute Gasteiger partial charge is 0.211 e. The van der Waals surface area contributed by atoms with Crippen LogP contribution in [0.5, 0.6) is 0 Å². The van der Waals surface area contributed by atoms with Gasteiger partial charge in [-0.15, -0.1) is 0 Å². The molecule has 0 fully saturated rings.